The van der Waals surface area contributed by atoms with Crippen molar-refractivity contribution in [2.24, 2.45) is 0 Å². The van der Waals surface area contributed by atoms with Crippen LogP contribution in [0.2, 0.25) is 0 Å². The summed E-state index contributed by atoms with van der Waals surface area (Å²) in [5, 5.41) is 17.9. The number of aliphatic hydroxyl groups excluding tert-OH is 1. The molecule has 4 nitrogen and oxygen atoms in total. The molecule has 0 spiro atoms. The Morgan fingerprint density at radius 2 is 2.08 bits per heavy atom. The zero-order valence-corrected chi connectivity index (χ0v) is 8.41. The Morgan fingerprint density at radius 3 is 2.38 bits per heavy atom. The molecule has 0 aliphatic rings. The van der Waals surface area contributed by atoms with Gasteiger partial charge in [0.15, 0.2) is 5.78 Å². The van der Waals surface area contributed by atoms with Gasteiger partial charge < -0.3 is 14.9 Å². The number of hydrogen-bond acceptors (Lipinski definition) is 4. The van der Waals surface area contributed by atoms with Crippen LogP contribution in [0, 0.1) is 0 Å². The maximum atomic E-state index is 11.4. The van der Waals surface area contributed by atoms with E-state index in [2.05, 4.69) is 0 Å². The van der Waals surface area contributed by atoms with E-state index in [9.17, 15) is 9.90 Å². The third kappa shape index (κ3) is 4.36. The van der Waals surface area contributed by atoms with Crippen molar-refractivity contribution in [3.8, 4) is 0 Å². The predicted molar refractivity (Wildman–Crippen MR) is 48.4 cm³/mol. The van der Waals surface area contributed by atoms with Crippen LogP contribution >= 0.6 is 0 Å². The molecule has 0 saturated carbocycles. The molecule has 0 aromatic heterocycles. The van der Waals surface area contributed by atoms with Gasteiger partial charge in [-0.15, -0.1) is 0 Å². The fourth-order valence-corrected chi connectivity index (χ4v) is 0.968. The monoisotopic (exact) mass is 190 g/mol. The van der Waals surface area contributed by atoms with E-state index in [0.29, 0.717) is 6.42 Å². The van der Waals surface area contributed by atoms with E-state index in [1.54, 1.807) is 6.92 Å². The summed E-state index contributed by atoms with van der Waals surface area (Å²) in [7, 11) is 0. The number of carbonyl (C=O) groups is 1. The van der Waals surface area contributed by atoms with E-state index in [4.69, 9.17) is 9.84 Å². The molecule has 0 aliphatic carbocycles. The van der Waals surface area contributed by atoms with Gasteiger partial charge in [-0.3, -0.25) is 4.79 Å². The van der Waals surface area contributed by atoms with Gasteiger partial charge in [0.2, 0.25) is 0 Å². The standard InChI is InChI=1S/C9H18O4/c1-4-7(13-6-5-10)8(11)9(2,3)12/h7,10,12H,4-6H2,1-3H3. The van der Waals surface area contributed by atoms with Gasteiger partial charge in [0.25, 0.3) is 0 Å². The maximum Gasteiger partial charge on any atom is 0.192 e. The van der Waals surface area contributed by atoms with Crippen molar-refractivity contribution in [3.05, 3.63) is 0 Å². The summed E-state index contributed by atoms with van der Waals surface area (Å²) in [6.07, 6.45) is -0.116. The van der Waals surface area contributed by atoms with Crippen LogP contribution in [0.4, 0.5) is 0 Å². The zero-order valence-electron chi connectivity index (χ0n) is 8.41. The number of rotatable bonds is 6. The lowest BCUT2D eigenvalue weighted by Gasteiger charge is -2.22. The highest BCUT2D eigenvalue weighted by Crippen LogP contribution is 2.11. The number of ether oxygens (including phenoxy) is 1. The zero-order chi connectivity index (χ0) is 10.5. The molecule has 0 rings (SSSR count). The van der Waals surface area contributed by atoms with Crippen molar-refractivity contribution in [3.63, 3.8) is 0 Å². The van der Waals surface area contributed by atoms with E-state index in [-0.39, 0.29) is 19.0 Å². The molecule has 13 heavy (non-hydrogen) atoms. The Kier molecular flexibility index (Phi) is 5.13. The minimum Gasteiger partial charge on any atom is -0.394 e. The summed E-state index contributed by atoms with van der Waals surface area (Å²) in [6.45, 7) is 4.67. The lowest BCUT2D eigenvalue weighted by atomic mass is 9.97. The summed E-state index contributed by atoms with van der Waals surface area (Å²) >= 11 is 0. The second-order valence-corrected chi connectivity index (χ2v) is 3.41. The molecule has 0 aromatic rings. The molecule has 0 heterocycles. The molecule has 1 unspecified atom stereocenters. The van der Waals surface area contributed by atoms with Gasteiger partial charge in [-0.2, -0.15) is 0 Å². The number of hydrogen-bond donors (Lipinski definition) is 2. The van der Waals surface area contributed by atoms with Gasteiger partial charge >= 0.3 is 0 Å². The van der Waals surface area contributed by atoms with Crippen molar-refractivity contribution >= 4 is 5.78 Å². The predicted octanol–water partition coefficient (Wildman–Crippen LogP) is 0.114. The molecule has 0 radical (unpaired) electrons. The topological polar surface area (TPSA) is 66.8 Å². The summed E-state index contributed by atoms with van der Waals surface area (Å²) < 4.78 is 5.07. The molecule has 1 atom stereocenters. The van der Waals surface area contributed by atoms with E-state index in [1.165, 1.54) is 13.8 Å². The molecule has 0 aliphatic heterocycles. The van der Waals surface area contributed by atoms with Crippen LogP contribution in [0.5, 0.6) is 0 Å². The summed E-state index contributed by atoms with van der Waals surface area (Å²) in [4.78, 5) is 11.4. The minimum absolute atomic E-state index is 0.115. The number of carbonyl (C=O) groups excluding carboxylic acids is 1. The summed E-state index contributed by atoms with van der Waals surface area (Å²) in [5.41, 5.74) is -1.36. The largest absolute Gasteiger partial charge is 0.394 e. The summed E-state index contributed by atoms with van der Waals surface area (Å²) in [6, 6.07) is 0. The Hall–Kier alpha value is -0.450. The van der Waals surface area contributed by atoms with Crippen LogP contribution in [-0.2, 0) is 9.53 Å². The van der Waals surface area contributed by atoms with Crippen LogP contribution in [0.25, 0.3) is 0 Å². The first-order chi connectivity index (χ1) is 5.93. The molecule has 0 amide bonds. The van der Waals surface area contributed by atoms with Crippen molar-refractivity contribution in [2.75, 3.05) is 13.2 Å². The highest BCUT2D eigenvalue weighted by atomic mass is 16.5. The van der Waals surface area contributed by atoms with Crippen LogP contribution < -0.4 is 0 Å². The second kappa shape index (κ2) is 5.32. The van der Waals surface area contributed by atoms with E-state index < -0.39 is 11.7 Å². The summed E-state index contributed by atoms with van der Waals surface area (Å²) in [5.74, 6) is -0.344. The van der Waals surface area contributed by atoms with Crippen molar-refractivity contribution in [1.82, 2.24) is 0 Å². The first kappa shape index (κ1) is 12.6. The highest BCUT2D eigenvalue weighted by molar-refractivity contribution is 5.90. The minimum atomic E-state index is -1.36. The Morgan fingerprint density at radius 1 is 1.54 bits per heavy atom. The average Bonchev–Trinajstić information content (AvgIpc) is 2.04. The van der Waals surface area contributed by atoms with E-state index >= 15 is 0 Å². The maximum absolute atomic E-state index is 11.4. The quantitative estimate of drug-likeness (QED) is 0.624. The third-order valence-corrected chi connectivity index (χ3v) is 1.68. The van der Waals surface area contributed by atoms with Gasteiger partial charge in [0.05, 0.1) is 13.2 Å². The number of Topliss-reactive ketones (excluding diaryl/α,β-unsaturated/α-hetero) is 1. The van der Waals surface area contributed by atoms with Crippen LogP contribution in [0.15, 0.2) is 0 Å². The fraction of sp³-hybridized carbons (Fsp3) is 0.889. The van der Waals surface area contributed by atoms with Crippen LogP contribution in [0.1, 0.15) is 27.2 Å². The average molecular weight is 190 g/mol. The highest BCUT2D eigenvalue weighted by Gasteiger charge is 2.30. The van der Waals surface area contributed by atoms with Crippen molar-refractivity contribution in [2.45, 2.75) is 38.9 Å². The number of ketones is 1. The molecule has 0 aromatic carbocycles. The fourth-order valence-electron chi connectivity index (χ4n) is 0.968. The van der Waals surface area contributed by atoms with Gasteiger partial charge in [-0.25, -0.2) is 0 Å². The number of aliphatic hydroxyl groups is 2. The van der Waals surface area contributed by atoms with Gasteiger partial charge in [-0.05, 0) is 20.3 Å². The Labute approximate surface area is 78.5 Å². The van der Waals surface area contributed by atoms with Crippen molar-refractivity contribution < 1.29 is 19.7 Å². The molecule has 0 saturated heterocycles. The van der Waals surface area contributed by atoms with E-state index in [1.807, 2.05) is 0 Å². The lowest BCUT2D eigenvalue weighted by molar-refractivity contribution is -0.147. The van der Waals surface area contributed by atoms with Crippen LogP contribution in [0.3, 0.4) is 0 Å². The van der Waals surface area contributed by atoms with Crippen molar-refractivity contribution in [1.29, 1.82) is 0 Å². The Balaban J connectivity index is 4.16. The first-order valence-corrected chi connectivity index (χ1v) is 4.42. The smallest absolute Gasteiger partial charge is 0.192 e. The lowest BCUT2D eigenvalue weighted by Crippen LogP contribution is -2.41. The molecular weight excluding hydrogens is 172 g/mol. The second-order valence-electron chi connectivity index (χ2n) is 3.41. The van der Waals surface area contributed by atoms with Gasteiger partial charge in [0, 0.05) is 0 Å². The molecule has 78 valence electrons. The molecule has 2 N–H and O–H groups in total. The third-order valence-electron chi connectivity index (χ3n) is 1.68. The molecule has 0 fully saturated rings. The van der Waals surface area contributed by atoms with E-state index in [0.717, 1.165) is 0 Å². The normalized spacial score (nSPS) is 14.2. The van der Waals surface area contributed by atoms with Gasteiger partial charge in [-0.1, -0.05) is 6.92 Å². The molecular formula is C9H18O4. The molecule has 0 bridgehead atoms. The van der Waals surface area contributed by atoms with Crippen LogP contribution in [-0.4, -0.2) is 40.9 Å². The first-order valence-electron chi connectivity index (χ1n) is 4.42. The Bertz CT molecular complexity index is 159. The SMILES string of the molecule is CCC(OCCO)C(=O)C(C)(C)O. The molecule has 4 heteroatoms. The van der Waals surface area contributed by atoms with Gasteiger partial charge in [0.1, 0.15) is 11.7 Å².